The molecule has 0 saturated heterocycles. The molecule has 3 aromatic rings. The number of hydrogen-bond acceptors (Lipinski definition) is 5. The molecule has 0 atom stereocenters. The molecule has 0 spiro atoms. The van der Waals surface area contributed by atoms with Crippen LogP contribution < -0.4 is 15.4 Å². The smallest absolute Gasteiger partial charge is 0.306 e. The standard InChI is InChI=1S/C25H21BrCl2N2O5/c1-15-12-20(26)21(28)13-22(15)30-24(32)14-34-25(33)11-10-23(31)29-17-4-8-19(9-5-17)35-18-6-2-16(27)3-7-18/h2-9,12-13H,10-11,14H2,1H3,(H,29,31)(H,30,32). The second-order valence-electron chi connectivity index (χ2n) is 7.42. The molecular weight excluding hydrogens is 559 g/mol. The highest BCUT2D eigenvalue weighted by Gasteiger charge is 2.13. The molecule has 0 aliphatic carbocycles. The molecule has 0 aliphatic heterocycles. The maximum absolute atomic E-state index is 12.1. The van der Waals surface area contributed by atoms with E-state index in [9.17, 15) is 14.4 Å². The molecule has 0 unspecified atom stereocenters. The summed E-state index contributed by atoms with van der Waals surface area (Å²) >= 11 is 15.2. The molecule has 10 heteroatoms. The Balaban J connectivity index is 1.38. The Kier molecular flexibility index (Phi) is 9.54. The maximum atomic E-state index is 12.1. The van der Waals surface area contributed by atoms with Gasteiger partial charge in [-0.2, -0.15) is 0 Å². The van der Waals surface area contributed by atoms with E-state index in [1.807, 2.05) is 6.92 Å². The van der Waals surface area contributed by atoms with Gasteiger partial charge in [0.15, 0.2) is 6.61 Å². The molecule has 7 nitrogen and oxygen atoms in total. The van der Waals surface area contributed by atoms with Gasteiger partial charge in [-0.05, 0) is 89.1 Å². The molecule has 2 amide bonds. The van der Waals surface area contributed by atoms with Crippen LogP contribution in [0, 0.1) is 6.92 Å². The van der Waals surface area contributed by atoms with Gasteiger partial charge in [0.25, 0.3) is 5.91 Å². The first-order chi connectivity index (χ1) is 16.7. The van der Waals surface area contributed by atoms with Crippen LogP contribution in [0.5, 0.6) is 11.5 Å². The topological polar surface area (TPSA) is 93.7 Å². The van der Waals surface area contributed by atoms with Crippen LogP contribution in [0.2, 0.25) is 10.0 Å². The molecule has 3 rings (SSSR count). The fourth-order valence-corrected chi connectivity index (χ4v) is 3.62. The molecular formula is C25H21BrCl2N2O5. The first-order valence-corrected chi connectivity index (χ1v) is 12.0. The van der Waals surface area contributed by atoms with Crippen LogP contribution in [-0.2, 0) is 19.1 Å². The molecule has 3 aromatic carbocycles. The van der Waals surface area contributed by atoms with Gasteiger partial charge in [0, 0.05) is 27.3 Å². The Morgan fingerprint density at radius 2 is 1.49 bits per heavy atom. The van der Waals surface area contributed by atoms with Crippen molar-refractivity contribution in [1.82, 2.24) is 0 Å². The average molecular weight is 580 g/mol. The van der Waals surface area contributed by atoms with E-state index in [4.69, 9.17) is 32.7 Å². The third-order valence-electron chi connectivity index (χ3n) is 4.65. The lowest BCUT2D eigenvalue weighted by Crippen LogP contribution is -2.22. The van der Waals surface area contributed by atoms with Crippen molar-refractivity contribution in [1.29, 1.82) is 0 Å². The molecule has 0 aliphatic rings. The van der Waals surface area contributed by atoms with Gasteiger partial charge in [0.1, 0.15) is 11.5 Å². The Hall–Kier alpha value is -3.07. The molecule has 0 aromatic heterocycles. The number of ether oxygens (including phenoxy) is 2. The number of amides is 2. The predicted octanol–water partition coefficient (Wildman–Crippen LogP) is 6.76. The van der Waals surface area contributed by atoms with Crippen molar-refractivity contribution in [2.75, 3.05) is 17.2 Å². The van der Waals surface area contributed by atoms with Crippen LogP contribution in [0.4, 0.5) is 11.4 Å². The second kappa shape index (κ2) is 12.6. The summed E-state index contributed by atoms with van der Waals surface area (Å²) in [6, 6.07) is 17.1. The lowest BCUT2D eigenvalue weighted by Gasteiger charge is -2.10. The fourth-order valence-electron chi connectivity index (χ4n) is 2.87. The van der Waals surface area contributed by atoms with Crippen molar-refractivity contribution in [2.45, 2.75) is 19.8 Å². The first-order valence-electron chi connectivity index (χ1n) is 10.4. The summed E-state index contributed by atoms with van der Waals surface area (Å²) in [6.45, 7) is 1.34. The molecule has 0 bridgehead atoms. The number of hydrogen-bond donors (Lipinski definition) is 2. The molecule has 2 N–H and O–H groups in total. The zero-order chi connectivity index (χ0) is 25.4. The highest BCUT2D eigenvalue weighted by molar-refractivity contribution is 9.10. The highest BCUT2D eigenvalue weighted by atomic mass is 79.9. The number of esters is 1. The van der Waals surface area contributed by atoms with Gasteiger partial charge >= 0.3 is 5.97 Å². The molecule has 0 radical (unpaired) electrons. The lowest BCUT2D eigenvalue weighted by molar-refractivity contribution is -0.147. The second-order valence-corrected chi connectivity index (χ2v) is 9.12. The Bertz CT molecular complexity index is 1220. The summed E-state index contributed by atoms with van der Waals surface area (Å²) < 4.78 is 11.4. The maximum Gasteiger partial charge on any atom is 0.306 e. The van der Waals surface area contributed by atoms with Crippen molar-refractivity contribution in [3.63, 3.8) is 0 Å². The number of nitrogens with one attached hydrogen (secondary N) is 2. The third kappa shape index (κ3) is 8.58. The van der Waals surface area contributed by atoms with Gasteiger partial charge in [0.2, 0.25) is 5.91 Å². The Morgan fingerprint density at radius 1 is 0.857 bits per heavy atom. The van der Waals surface area contributed by atoms with Crippen molar-refractivity contribution >= 4 is 68.3 Å². The fraction of sp³-hybridized carbons (Fsp3) is 0.160. The average Bonchev–Trinajstić information content (AvgIpc) is 2.82. The number of aryl methyl sites for hydroxylation is 1. The van der Waals surface area contributed by atoms with E-state index in [2.05, 4.69) is 26.6 Å². The van der Waals surface area contributed by atoms with E-state index >= 15 is 0 Å². The van der Waals surface area contributed by atoms with Gasteiger partial charge < -0.3 is 20.1 Å². The largest absolute Gasteiger partial charge is 0.457 e. The van der Waals surface area contributed by atoms with Crippen molar-refractivity contribution < 1.29 is 23.9 Å². The van der Waals surface area contributed by atoms with E-state index in [1.54, 1.807) is 60.7 Å². The quantitative estimate of drug-likeness (QED) is 0.273. The summed E-state index contributed by atoms with van der Waals surface area (Å²) in [7, 11) is 0. The summed E-state index contributed by atoms with van der Waals surface area (Å²) in [5.41, 5.74) is 1.86. The van der Waals surface area contributed by atoms with Crippen molar-refractivity contribution in [2.24, 2.45) is 0 Å². The number of halogens is 3. The van der Waals surface area contributed by atoms with E-state index < -0.39 is 18.5 Å². The van der Waals surface area contributed by atoms with E-state index in [0.29, 0.717) is 37.4 Å². The van der Waals surface area contributed by atoms with Crippen molar-refractivity contribution in [3.05, 3.63) is 80.7 Å². The zero-order valence-corrected chi connectivity index (χ0v) is 21.7. The summed E-state index contributed by atoms with van der Waals surface area (Å²) in [4.78, 5) is 36.1. The van der Waals surface area contributed by atoms with E-state index in [0.717, 1.165) is 5.56 Å². The number of carbonyl (C=O) groups is 3. The first kappa shape index (κ1) is 26.5. The highest BCUT2D eigenvalue weighted by Crippen LogP contribution is 2.29. The van der Waals surface area contributed by atoms with Gasteiger partial charge in [-0.3, -0.25) is 14.4 Å². The summed E-state index contributed by atoms with van der Waals surface area (Å²) in [5.74, 6) is -0.308. The third-order valence-corrected chi connectivity index (χ3v) is 6.10. The van der Waals surface area contributed by atoms with Gasteiger partial charge in [-0.1, -0.05) is 23.2 Å². The minimum atomic E-state index is -0.660. The number of benzene rings is 3. The van der Waals surface area contributed by atoms with Gasteiger partial charge in [-0.15, -0.1) is 0 Å². The zero-order valence-electron chi connectivity index (χ0n) is 18.6. The Labute approximate surface area is 220 Å². The van der Waals surface area contributed by atoms with Crippen LogP contribution >= 0.6 is 39.1 Å². The van der Waals surface area contributed by atoms with Crippen LogP contribution in [0.25, 0.3) is 0 Å². The molecule has 0 heterocycles. The molecule has 35 heavy (non-hydrogen) atoms. The SMILES string of the molecule is Cc1cc(Br)c(Cl)cc1NC(=O)COC(=O)CCC(=O)Nc1ccc(Oc2ccc(Cl)cc2)cc1. The number of rotatable bonds is 9. The molecule has 0 saturated carbocycles. The predicted molar refractivity (Wildman–Crippen MR) is 139 cm³/mol. The van der Waals surface area contributed by atoms with Crippen LogP contribution in [-0.4, -0.2) is 24.4 Å². The molecule has 0 fully saturated rings. The number of carbonyl (C=O) groups excluding carboxylic acids is 3. The lowest BCUT2D eigenvalue weighted by atomic mass is 10.2. The van der Waals surface area contributed by atoms with E-state index in [1.165, 1.54) is 0 Å². The van der Waals surface area contributed by atoms with Crippen LogP contribution in [0.1, 0.15) is 18.4 Å². The van der Waals surface area contributed by atoms with Gasteiger partial charge in [-0.25, -0.2) is 0 Å². The minimum absolute atomic E-state index is 0.0924. The minimum Gasteiger partial charge on any atom is -0.457 e. The molecule has 182 valence electrons. The monoisotopic (exact) mass is 578 g/mol. The van der Waals surface area contributed by atoms with Gasteiger partial charge in [0.05, 0.1) is 11.4 Å². The van der Waals surface area contributed by atoms with Crippen LogP contribution in [0.3, 0.4) is 0 Å². The van der Waals surface area contributed by atoms with Crippen LogP contribution in [0.15, 0.2) is 65.1 Å². The summed E-state index contributed by atoms with van der Waals surface area (Å²) in [5, 5.41) is 6.39. The Morgan fingerprint density at radius 3 is 2.14 bits per heavy atom. The van der Waals surface area contributed by atoms with Crippen molar-refractivity contribution in [3.8, 4) is 11.5 Å². The number of anilines is 2. The van der Waals surface area contributed by atoms with E-state index in [-0.39, 0.29) is 18.7 Å². The summed E-state index contributed by atoms with van der Waals surface area (Å²) in [6.07, 6.45) is -0.259. The normalized spacial score (nSPS) is 10.4.